The quantitative estimate of drug-likeness (QED) is 0.103. The molecule has 4 saturated heterocycles. The summed E-state index contributed by atoms with van der Waals surface area (Å²) < 4.78 is 38.2. The summed E-state index contributed by atoms with van der Waals surface area (Å²) in [5.74, 6) is 0. The standard InChI is InChI=1S/C24H42O21/c25-1-5-9(29)13(33)16(36)22(40-5)44-19-14(34)10(30)7(3-27)42-24(19)45-20-15(35)11(31)6(2-26)41-23(20)43-18-12(32)8(4-28)39-21(38)17(18)37/h5-38H,1-4H2/t5-,6-,7-,8-,9+,10+,11-,12-,13+,14+,15+,16-,17-,18+,19-,20-,21?,22-,23-,24-/m1/s1. The van der Waals surface area contributed by atoms with E-state index in [1.165, 1.54) is 0 Å². The van der Waals surface area contributed by atoms with Gasteiger partial charge in [0.1, 0.15) is 97.7 Å². The lowest BCUT2D eigenvalue weighted by atomic mass is 9.96. The molecule has 4 heterocycles. The Morgan fingerprint density at radius 2 is 0.689 bits per heavy atom. The molecule has 21 heteroatoms. The second-order valence-corrected chi connectivity index (χ2v) is 11.1. The molecule has 0 spiro atoms. The van der Waals surface area contributed by atoms with Gasteiger partial charge in [-0.25, -0.2) is 0 Å². The highest BCUT2D eigenvalue weighted by Gasteiger charge is 2.55. The number of aliphatic hydroxyl groups excluding tert-OH is 14. The molecule has 0 aromatic rings. The van der Waals surface area contributed by atoms with Crippen LogP contribution in [0.1, 0.15) is 0 Å². The third kappa shape index (κ3) is 7.44. The first-order valence-electron chi connectivity index (χ1n) is 14.1. The number of aliphatic hydroxyl groups is 14. The molecule has 0 aromatic carbocycles. The van der Waals surface area contributed by atoms with Gasteiger partial charge in [0.05, 0.1) is 26.4 Å². The topological polar surface area (TPSA) is 348 Å². The van der Waals surface area contributed by atoms with E-state index in [9.17, 15) is 71.5 Å². The molecule has 0 bridgehead atoms. The fourth-order valence-electron chi connectivity index (χ4n) is 5.49. The summed E-state index contributed by atoms with van der Waals surface area (Å²) in [5.41, 5.74) is 0. The van der Waals surface area contributed by atoms with Crippen molar-refractivity contribution in [1.29, 1.82) is 0 Å². The minimum Gasteiger partial charge on any atom is -0.394 e. The molecule has 14 N–H and O–H groups in total. The van der Waals surface area contributed by atoms with E-state index < -0.39 is 149 Å². The molecule has 4 aliphatic heterocycles. The smallest absolute Gasteiger partial charge is 0.187 e. The highest BCUT2D eigenvalue weighted by atomic mass is 16.8. The Morgan fingerprint density at radius 1 is 0.333 bits per heavy atom. The number of hydrogen-bond acceptors (Lipinski definition) is 21. The minimum atomic E-state index is -2.03. The Kier molecular flexibility index (Phi) is 12.8. The van der Waals surface area contributed by atoms with Crippen LogP contribution in [-0.2, 0) is 33.2 Å². The fourth-order valence-corrected chi connectivity index (χ4v) is 5.49. The van der Waals surface area contributed by atoms with Crippen LogP contribution in [0.5, 0.6) is 0 Å². The van der Waals surface area contributed by atoms with E-state index in [-0.39, 0.29) is 0 Å². The minimum absolute atomic E-state index is 0.827. The van der Waals surface area contributed by atoms with E-state index in [0.717, 1.165) is 0 Å². The fraction of sp³-hybridized carbons (Fsp3) is 1.00. The van der Waals surface area contributed by atoms with Crippen molar-refractivity contribution in [3.8, 4) is 0 Å². The Hall–Kier alpha value is -0.840. The highest BCUT2D eigenvalue weighted by Crippen LogP contribution is 2.34. The Bertz CT molecular complexity index is 916. The zero-order valence-corrected chi connectivity index (χ0v) is 23.5. The van der Waals surface area contributed by atoms with Crippen LogP contribution in [0.2, 0.25) is 0 Å². The highest BCUT2D eigenvalue weighted by molar-refractivity contribution is 4.97. The van der Waals surface area contributed by atoms with Gasteiger partial charge in [-0.1, -0.05) is 0 Å². The van der Waals surface area contributed by atoms with E-state index in [1.807, 2.05) is 0 Å². The largest absolute Gasteiger partial charge is 0.394 e. The van der Waals surface area contributed by atoms with Gasteiger partial charge in [0.2, 0.25) is 0 Å². The maximum atomic E-state index is 11.0. The zero-order chi connectivity index (χ0) is 33.3. The van der Waals surface area contributed by atoms with E-state index in [0.29, 0.717) is 0 Å². The van der Waals surface area contributed by atoms with Crippen molar-refractivity contribution in [3.63, 3.8) is 0 Å². The van der Waals surface area contributed by atoms with Gasteiger partial charge in [-0.05, 0) is 0 Å². The molecular weight excluding hydrogens is 624 g/mol. The number of hydrogen-bond donors (Lipinski definition) is 14. The molecule has 0 amide bonds. The first-order chi connectivity index (χ1) is 21.3. The second kappa shape index (κ2) is 15.6. The van der Waals surface area contributed by atoms with Crippen molar-refractivity contribution in [2.45, 2.75) is 123 Å². The van der Waals surface area contributed by atoms with Crippen molar-refractivity contribution >= 4 is 0 Å². The first-order valence-corrected chi connectivity index (χ1v) is 14.1. The molecule has 4 aliphatic rings. The molecule has 20 atom stereocenters. The van der Waals surface area contributed by atoms with Crippen molar-refractivity contribution in [1.82, 2.24) is 0 Å². The first kappa shape index (κ1) is 37.0. The summed E-state index contributed by atoms with van der Waals surface area (Å²) in [7, 11) is 0. The Labute approximate surface area is 254 Å². The van der Waals surface area contributed by atoms with Crippen LogP contribution >= 0.6 is 0 Å². The number of rotatable bonds is 10. The maximum Gasteiger partial charge on any atom is 0.187 e. The molecule has 21 nitrogen and oxygen atoms in total. The van der Waals surface area contributed by atoms with Crippen molar-refractivity contribution in [2.24, 2.45) is 0 Å². The number of ether oxygens (including phenoxy) is 7. The molecule has 264 valence electrons. The lowest BCUT2D eigenvalue weighted by Crippen LogP contribution is -2.68. The van der Waals surface area contributed by atoms with Gasteiger partial charge in [0.25, 0.3) is 0 Å². The normalized spacial score (nSPS) is 52.9. The van der Waals surface area contributed by atoms with E-state index >= 15 is 0 Å². The summed E-state index contributed by atoms with van der Waals surface area (Å²) in [5, 5.41) is 143. The summed E-state index contributed by atoms with van der Waals surface area (Å²) >= 11 is 0. The van der Waals surface area contributed by atoms with Crippen LogP contribution in [0.25, 0.3) is 0 Å². The molecule has 0 saturated carbocycles. The lowest BCUT2D eigenvalue weighted by molar-refractivity contribution is -0.403. The summed E-state index contributed by atoms with van der Waals surface area (Å²) in [6.45, 7) is -3.45. The third-order valence-electron chi connectivity index (χ3n) is 8.21. The average molecular weight is 667 g/mol. The molecule has 0 aliphatic carbocycles. The van der Waals surface area contributed by atoms with Gasteiger partial charge in [-0.15, -0.1) is 0 Å². The van der Waals surface area contributed by atoms with Crippen LogP contribution in [0.4, 0.5) is 0 Å². The molecule has 0 aromatic heterocycles. The van der Waals surface area contributed by atoms with E-state index in [4.69, 9.17) is 33.2 Å². The summed E-state index contributed by atoms with van der Waals surface area (Å²) in [6, 6.07) is 0. The van der Waals surface area contributed by atoms with E-state index in [2.05, 4.69) is 0 Å². The summed E-state index contributed by atoms with van der Waals surface area (Å²) in [4.78, 5) is 0. The van der Waals surface area contributed by atoms with Crippen molar-refractivity contribution in [2.75, 3.05) is 26.4 Å². The Balaban J connectivity index is 1.63. The predicted octanol–water partition coefficient (Wildman–Crippen LogP) is -9.75. The van der Waals surface area contributed by atoms with Gasteiger partial charge in [0, 0.05) is 0 Å². The molecule has 4 rings (SSSR count). The van der Waals surface area contributed by atoms with Gasteiger partial charge in [-0.3, -0.25) is 0 Å². The monoisotopic (exact) mass is 666 g/mol. The van der Waals surface area contributed by atoms with Gasteiger partial charge >= 0.3 is 0 Å². The molecule has 1 unspecified atom stereocenters. The van der Waals surface area contributed by atoms with Crippen molar-refractivity contribution < 1.29 is 105 Å². The molecular formula is C24H42O21. The van der Waals surface area contributed by atoms with E-state index in [1.54, 1.807) is 0 Å². The average Bonchev–Trinajstić information content (AvgIpc) is 3.03. The van der Waals surface area contributed by atoms with Crippen molar-refractivity contribution in [3.05, 3.63) is 0 Å². The zero-order valence-electron chi connectivity index (χ0n) is 23.5. The van der Waals surface area contributed by atoms with Gasteiger partial charge < -0.3 is 105 Å². The van der Waals surface area contributed by atoms with Crippen LogP contribution in [-0.4, -0.2) is 221 Å². The van der Waals surface area contributed by atoms with Gasteiger partial charge in [0.15, 0.2) is 25.2 Å². The SMILES string of the molecule is OC[C@H]1O[C@H](O[C@H]2[C@@H](O[C@H]3[C@@H](O[C@H]4[C@H](O)[C@@H](CO)OC(O)[C@@H]4O)O[C@H](CO)[C@@H](O)[C@@H]3O)O[C@H](CO)[C@H](O)[C@@H]2O)[C@H](O)[C@@H](O)[C@H]1O. The molecule has 0 radical (unpaired) electrons. The Morgan fingerprint density at radius 3 is 1.13 bits per heavy atom. The third-order valence-corrected chi connectivity index (χ3v) is 8.21. The second-order valence-electron chi connectivity index (χ2n) is 11.1. The van der Waals surface area contributed by atoms with Crippen LogP contribution in [0.3, 0.4) is 0 Å². The summed E-state index contributed by atoms with van der Waals surface area (Å²) in [6.07, 6.45) is -36.6. The molecule has 45 heavy (non-hydrogen) atoms. The van der Waals surface area contributed by atoms with Gasteiger partial charge in [-0.2, -0.15) is 0 Å². The van der Waals surface area contributed by atoms with Crippen LogP contribution in [0, 0.1) is 0 Å². The maximum absolute atomic E-state index is 11.0. The molecule has 4 fully saturated rings. The predicted molar refractivity (Wildman–Crippen MR) is 134 cm³/mol. The lowest BCUT2D eigenvalue weighted by Gasteiger charge is -2.49. The van der Waals surface area contributed by atoms with Crippen LogP contribution in [0.15, 0.2) is 0 Å². The van der Waals surface area contributed by atoms with Crippen LogP contribution < -0.4 is 0 Å².